The Labute approximate surface area is 140 Å². The van der Waals surface area contributed by atoms with Gasteiger partial charge in [-0.15, -0.1) is 11.8 Å². The molecule has 2 N–H and O–H groups in total. The predicted octanol–water partition coefficient (Wildman–Crippen LogP) is 0.807. The first-order valence-corrected chi connectivity index (χ1v) is 8.62. The van der Waals surface area contributed by atoms with Crippen LogP contribution in [-0.4, -0.2) is 67.2 Å². The van der Waals surface area contributed by atoms with Gasteiger partial charge in [0, 0.05) is 31.1 Å². The van der Waals surface area contributed by atoms with Crippen LogP contribution in [0.15, 0.2) is 29.2 Å². The second-order valence-corrected chi connectivity index (χ2v) is 6.49. The van der Waals surface area contributed by atoms with E-state index in [1.807, 2.05) is 34.1 Å². The Morgan fingerprint density at radius 1 is 1.26 bits per heavy atom. The summed E-state index contributed by atoms with van der Waals surface area (Å²) in [5, 5.41) is 0. The smallest absolute Gasteiger partial charge is 0.232 e. The average molecular weight is 337 g/mol. The maximum Gasteiger partial charge on any atom is 0.232 e. The molecule has 1 heterocycles. The molecule has 0 aromatic heterocycles. The lowest BCUT2D eigenvalue weighted by Gasteiger charge is -2.21. The monoisotopic (exact) mass is 337 g/mol. The second kappa shape index (κ2) is 8.79. The molecule has 0 atom stereocenters. The third-order valence-corrected chi connectivity index (χ3v) is 4.70. The van der Waals surface area contributed by atoms with Crippen molar-refractivity contribution in [2.45, 2.75) is 11.3 Å². The number of carbonyl (C=O) groups excluding carboxylic acids is 2. The van der Waals surface area contributed by atoms with E-state index in [-0.39, 0.29) is 18.4 Å². The molecular weight excluding hydrogens is 314 g/mol. The highest BCUT2D eigenvalue weighted by Crippen LogP contribution is 2.23. The van der Waals surface area contributed by atoms with Crippen LogP contribution in [0.1, 0.15) is 6.42 Å². The SMILES string of the molecule is COc1cccc(SCC(=O)N2CCCN(CC(N)=O)CC2)c1. The molecule has 23 heavy (non-hydrogen) atoms. The fourth-order valence-corrected chi connectivity index (χ4v) is 3.37. The van der Waals surface area contributed by atoms with Gasteiger partial charge < -0.3 is 15.4 Å². The van der Waals surface area contributed by atoms with E-state index in [4.69, 9.17) is 10.5 Å². The third kappa shape index (κ3) is 5.76. The zero-order valence-electron chi connectivity index (χ0n) is 13.4. The molecule has 1 saturated heterocycles. The number of ether oxygens (including phenoxy) is 1. The fourth-order valence-electron chi connectivity index (χ4n) is 2.53. The summed E-state index contributed by atoms with van der Waals surface area (Å²) in [7, 11) is 1.63. The molecule has 1 aliphatic rings. The first kappa shape index (κ1) is 17.6. The largest absolute Gasteiger partial charge is 0.497 e. The quantitative estimate of drug-likeness (QED) is 0.778. The Morgan fingerprint density at radius 2 is 2.09 bits per heavy atom. The van der Waals surface area contributed by atoms with Crippen molar-refractivity contribution in [3.8, 4) is 5.75 Å². The summed E-state index contributed by atoms with van der Waals surface area (Å²) >= 11 is 1.51. The Bertz CT molecular complexity index is 553. The Kier molecular flexibility index (Phi) is 6.73. The molecular formula is C16H23N3O3S. The predicted molar refractivity (Wildman–Crippen MR) is 90.5 cm³/mol. The number of benzene rings is 1. The number of amides is 2. The van der Waals surface area contributed by atoms with Gasteiger partial charge in [0.2, 0.25) is 11.8 Å². The topological polar surface area (TPSA) is 75.9 Å². The summed E-state index contributed by atoms with van der Waals surface area (Å²) in [6.45, 7) is 3.13. The lowest BCUT2D eigenvalue weighted by molar-refractivity contribution is -0.128. The van der Waals surface area contributed by atoms with Crippen LogP contribution in [0, 0.1) is 0 Å². The number of hydrogen-bond donors (Lipinski definition) is 1. The third-order valence-electron chi connectivity index (χ3n) is 3.72. The van der Waals surface area contributed by atoms with Gasteiger partial charge >= 0.3 is 0 Å². The lowest BCUT2D eigenvalue weighted by Crippen LogP contribution is -2.38. The van der Waals surface area contributed by atoms with Gasteiger partial charge in [-0.2, -0.15) is 0 Å². The van der Waals surface area contributed by atoms with Gasteiger partial charge in [0.15, 0.2) is 0 Å². The summed E-state index contributed by atoms with van der Waals surface area (Å²) in [5.74, 6) is 1.000. The van der Waals surface area contributed by atoms with Crippen LogP contribution in [0.25, 0.3) is 0 Å². The molecule has 1 aliphatic heterocycles. The summed E-state index contributed by atoms with van der Waals surface area (Å²) in [6, 6.07) is 7.69. The molecule has 0 bridgehead atoms. The average Bonchev–Trinajstić information content (AvgIpc) is 2.78. The molecule has 1 aromatic rings. The van der Waals surface area contributed by atoms with Crippen LogP contribution >= 0.6 is 11.8 Å². The molecule has 7 heteroatoms. The van der Waals surface area contributed by atoms with Crippen LogP contribution < -0.4 is 10.5 Å². The zero-order chi connectivity index (χ0) is 16.7. The minimum Gasteiger partial charge on any atom is -0.497 e. The molecule has 0 radical (unpaired) electrons. The lowest BCUT2D eigenvalue weighted by atomic mass is 10.3. The standard InChI is InChI=1S/C16H23N3O3S/c1-22-13-4-2-5-14(10-13)23-12-16(21)19-7-3-6-18(8-9-19)11-15(17)20/h2,4-5,10H,3,6-9,11-12H2,1H3,(H2,17,20). The van der Waals surface area contributed by atoms with E-state index < -0.39 is 0 Å². The van der Waals surface area contributed by atoms with E-state index in [1.165, 1.54) is 11.8 Å². The highest BCUT2D eigenvalue weighted by molar-refractivity contribution is 8.00. The van der Waals surface area contributed by atoms with E-state index in [1.54, 1.807) is 7.11 Å². The van der Waals surface area contributed by atoms with Gasteiger partial charge in [-0.1, -0.05) is 6.07 Å². The molecule has 2 rings (SSSR count). The van der Waals surface area contributed by atoms with Crippen LogP contribution in [0.5, 0.6) is 5.75 Å². The molecule has 1 fully saturated rings. The molecule has 0 saturated carbocycles. The summed E-state index contributed by atoms with van der Waals surface area (Å²) in [4.78, 5) is 28.3. The van der Waals surface area contributed by atoms with Crippen LogP contribution in [0.4, 0.5) is 0 Å². The van der Waals surface area contributed by atoms with Gasteiger partial charge in [0.1, 0.15) is 5.75 Å². The van der Waals surface area contributed by atoms with Gasteiger partial charge in [-0.05, 0) is 24.6 Å². The Balaban J connectivity index is 1.82. The Hall–Kier alpha value is -1.73. The molecule has 126 valence electrons. The van der Waals surface area contributed by atoms with Crippen molar-refractivity contribution in [3.63, 3.8) is 0 Å². The summed E-state index contributed by atoms with van der Waals surface area (Å²) < 4.78 is 5.19. The highest BCUT2D eigenvalue weighted by atomic mass is 32.2. The van der Waals surface area contributed by atoms with E-state index in [2.05, 4.69) is 0 Å². The number of nitrogens with zero attached hydrogens (tertiary/aromatic N) is 2. The van der Waals surface area contributed by atoms with Crippen LogP contribution in [0.3, 0.4) is 0 Å². The number of nitrogens with two attached hydrogens (primary N) is 1. The maximum absolute atomic E-state index is 12.4. The number of carbonyl (C=O) groups is 2. The summed E-state index contributed by atoms with van der Waals surface area (Å²) in [5.41, 5.74) is 5.23. The Morgan fingerprint density at radius 3 is 2.83 bits per heavy atom. The number of methoxy groups -OCH3 is 1. The van der Waals surface area contributed by atoms with Crippen molar-refractivity contribution in [2.75, 3.05) is 45.6 Å². The maximum atomic E-state index is 12.4. The first-order valence-electron chi connectivity index (χ1n) is 7.64. The van der Waals surface area contributed by atoms with Crippen LogP contribution in [-0.2, 0) is 9.59 Å². The van der Waals surface area contributed by atoms with Crippen molar-refractivity contribution in [1.29, 1.82) is 0 Å². The van der Waals surface area contributed by atoms with E-state index >= 15 is 0 Å². The van der Waals surface area contributed by atoms with Crippen molar-refractivity contribution in [3.05, 3.63) is 24.3 Å². The van der Waals surface area contributed by atoms with Crippen molar-refractivity contribution >= 4 is 23.6 Å². The molecule has 2 amide bonds. The second-order valence-electron chi connectivity index (χ2n) is 5.44. The normalized spacial score (nSPS) is 16.0. The number of primary amides is 1. The van der Waals surface area contributed by atoms with Crippen molar-refractivity contribution in [1.82, 2.24) is 9.80 Å². The summed E-state index contributed by atoms with van der Waals surface area (Å²) in [6.07, 6.45) is 0.864. The van der Waals surface area contributed by atoms with Crippen LogP contribution in [0.2, 0.25) is 0 Å². The van der Waals surface area contributed by atoms with E-state index in [0.717, 1.165) is 30.2 Å². The number of rotatable bonds is 6. The highest BCUT2D eigenvalue weighted by Gasteiger charge is 2.19. The minimum absolute atomic E-state index is 0.124. The van der Waals surface area contributed by atoms with E-state index in [0.29, 0.717) is 18.8 Å². The molecule has 6 nitrogen and oxygen atoms in total. The molecule has 1 aromatic carbocycles. The zero-order valence-corrected chi connectivity index (χ0v) is 14.2. The van der Waals surface area contributed by atoms with Gasteiger partial charge in [0.05, 0.1) is 19.4 Å². The minimum atomic E-state index is -0.321. The van der Waals surface area contributed by atoms with Crippen molar-refractivity contribution < 1.29 is 14.3 Å². The molecule has 0 unspecified atom stereocenters. The van der Waals surface area contributed by atoms with Gasteiger partial charge in [-0.25, -0.2) is 0 Å². The van der Waals surface area contributed by atoms with Crippen molar-refractivity contribution in [2.24, 2.45) is 5.73 Å². The van der Waals surface area contributed by atoms with E-state index in [9.17, 15) is 9.59 Å². The number of hydrogen-bond acceptors (Lipinski definition) is 5. The molecule has 0 aliphatic carbocycles. The van der Waals surface area contributed by atoms with Gasteiger partial charge in [0.25, 0.3) is 0 Å². The van der Waals surface area contributed by atoms with Gasteiger partial charge in [-0.3, -0.25) is 14.5 Å². The first-order chi connectivity index (χ1) is 11.1. The number of thioether (sulfide) groups is 1. The molecule has 0 spiro atoms. The fraction of sp³-hybridized carbons (Fsp3) is 0.500.